The van der Waals surface area contributed by atoms with Crippen molar-refractivity contribution in [2.45, 2.75) is 33.2 Å². The van der Waals surface area contributed by atoms with E-state index in [1.165, 1.54) is 19.8 Å². The van der Waals surface area contributed by atoms with Gasteiger partial charge < -0.3 is 14.8 Å². The van der Waals surface area contributed by atoms with Crippen LogP contribution in [0.25, 0.3) is 0 Å². The molecule has 0 saturated heterocycles. The second-order valence-electron chi connectivity index (χ2n) is 7.18. The van der Waals surface area contributed by atoms with E-state index >= 15 is 0 Å². The van der Waals surface area contributed by atoms with Crippen LogP contribution in [-0.2, 0) is 14.8 Å². The van der Waals surface area contributed by atoms with E-state index in [0.29, 0.717) is 17.9 Å². The lowest BCUT2D eigenvalue weighted by Crippen LogP contribution is -2.41. The van der Waals surface area contributed by atoms with Crippen LogP contribution in [0, 0.1) is 13.8 Å². The summed E-state index contributed by atoms with van der Waals surface area (Å²) in [6, 6.07) is 10.6. The molecule has 2 rings (SSSR count). The summed E-state index contributed by atoms with van der Waals surface area (Å²) in [5.41, 5.74) is 3.58. The van der Waals surface area contributed by atoms with Gasteiger partial charge in [-0.05, 0) is 49.1 Å². The van der Waals surface area contributed by atoms with Crippen LogP contribution in [0.4, 0.5) is 5.69 Å². The normalized spacial score (nSPS) is 12.2. The molecule has 0 aliphatic rings. The molecular weight excluding hydrogens is 404 g/mol. The Labute approximate surface area is 179 Å². The molecule has 8 heteroatoms. The van der Waals surface area contributed by atoms with Gasteiger partial charge in [0, 0.05) is 6.07 Å². The molecule has 1 unspecified atom stereocenters. The average Bonchev–Trinajstić information content (AvgIpc) is 2.71. The van der Waals surface area contributed by atoms with Crippen LogP contribution in [0.2, 0.25) is 0 Å². The second-order valence-corrected chi connectivity index (χ2v) is 9.09. The van der Waals surface area contributed by atoms with E-state index < -0.39 is 15.9 Å². The monoisotopic (exact) mass is 434 g/mol. The van der Waals surface area contributed by atoms with Crippen LogP contribution in [0.5, 0.6) is 11.5 Å². The highest BCUT2D eigenvalue weighted by Crippen LogP contribution is 2.33. The van der Waals surface area contributed by atoms with Gasteiger partial charge in [-0.15, -0.1) is 0 Å². The first-order valence-corrected chi connectivity index (χ1v) is 11.5. The van der Waals surface area contributed by atoms with Crippen LogP contribution in [0.1, 0.15) is 36.1 Å². The molecular formula is C22H30N2O5S. The van der Waals surface area contributed by atoms with Gasteiger partial charge in [-0.1, -0.05) is 25.1 Å². The van der Waals surface area contributed by atoms with Crippen molar-refractivity contribution in [3.63, 3.8) is 0 Å². The van der Waals surface area contributed by atoms with Gasteiger partial charge in [0.05, 0.1) is 32.2 Å². The third-order valence-electron chi connectivity index (χ3n) is 5.02. The Kier molecular flexibility index (Phi) is 7.72. The SMILES string of the molecule is CCC(NC(=O)CN(c1ccc(OC)cc1OC)S(C)(=O)=O)c1ccc(C)c(C)c1. The third kappa shape index (κ3) is 5.66. The molecule has 2 aromatic carbocycles. The molecule has 2 aromatic rings. The molecule has 0 heterocycles. The maximum absolute atomic E-state index is 12.8. The van der Waals surface area contributed by atoms with Gasteiger partial charge in [0.1, 0.15) is 18.0 Å². The summed E-state index contributed by atoms with van der Waals surface area (Å²) in [6.45, 7) is 5.67. The third-order valence-corrected chi connectivity index (χ3v) is 6.15. The fraction of sp³-hybridized carbons (Fsp3) is 0.409. The van der Waals surface area contributed by atoms with Crippen LogP contribution in [-0.4, -0.2) is 41.3 Å². The Hall–Kier alpha value is -2.74. The Morgan fingerprint density at radius 3 is 2.30 bits per heavy atom. The van der Waals surface area contributed by atoms with Crippen LogP contribution < -0.4 is 19.1 Å². The van der Waals surface area contributed by atoms with E-state index in [4.69, 9.17) is 9.47 Å². The van der Waals surface area contributed by atoms with Crippen molar-refractivity contribution < 1.29 is 22.7 Å². The number of ether oxygens (including phenoxy) is 2. The fourth-order valence-corrected chi connectivity index (χ4v) is 4.00. The van der Waals surface area contributed by atoms with Gasteiger partial charge in [-0.25, -0.2) is 8.42 Å². The number of anilines is 1. The zero-order chi connectivity index (χ0) is 22.5. The van der Waals surface area contributed by atoms with Crippen molar-refractivity contribution in [1.82, 2.24) is 5.32 Å². The topological polar surface area (TPSA) is 84.9 Å². The Bertz CT molecular complexity index is 1000. The average molecular weight is 435 g/mol. The van der Waals surface area contributed by atoms with Crippen molar-refractivity contribution >= 4 is 21.6 Å². The fourth-order valence-electron chi connectivity index (χ4n) is 3.14. The molecule has 1 atom stereocenters. The van der Waals surface area contributed by atoms with Gasteiger partial charge in [-0.2, -0.15) is 0 Å². The van der Waals surface area contributed by atoms with Gasteiger partial charge in [0.2, 0.25) is 15.9 Å². The van der Waals surface area contributed by atoms with Crippen molar-refractivity contribution in [3.05, 3.63) is 53.1 Å². The van der Waals surface area contributed by atoms with E-state index in [1.54, 1.807) is 18.2 Å². The Morgan fingerprint density at radius 1 is 1.07 bits per heavy atom. The molecule has 1 N–H and O–H groups in total. The predicted octanol–water partition coefficient (Wildman–Crippen LogP) is 3.35. The molecule has 164 valence electrons. The number of sulfonamides is 1. The number of hydrogen-bond donors (Lipinski definition) is 1. The molecule has 0 aromatic heterocycles. The molecule has 1 amide bonds. The van der Waals surface area contributed by atoms with E-state index in [1.807, 2.05) is 39.0 Å². The van der Waals surface area contributed by atoms with Gasteiger partial charge in [0.15, 0.2) is 0 Å². The summed E-state index contributed by atoms with van der Waals surface area (Å²) < 4.78 is 36.4. The van der Waals surface area contributed by atoms with E-state index in [9.17, 15) is 13.2 Å². The van der Waals surface area contributed by atoms with Crippen molar-refractivity contribution in [2.24, 2.45) is 0 Å². The molecule has 7 nitrogen and oxygen atoms in total. The number of amides is 1. The van der Waals surface area contributed by atoms with Crippen LogP contribution >= 0.6 is 0 Å². The smallest absolute Gasteiger partial charge is 0.241 e. The van der Waals surface area contributed by atoms with Gasteiger partial charge in [-0.3, -0.25) is 9.10 Å². The largest absolute Gasteiger partial charge is 0.497 e. The number of aryl methyl sites for hydroxylation is 2. The van der Waals surface area contributed by atoms with E-state index in [0.717, 1.165) is 21.7 Å². The number of methoxy groups -OCH3 is 2. The molecule has 0 aliphatic carbocycles. The Morgan fingerprint density at radius 2 is 1.77 bits per heavy atom. The molecule has 0 spiro atoms. The highest BCUT2D eigenvalue weighted by molar-refractivity contribution is 7.92. The van der Waals surface area contributed by atoms with Gasteiger partial charge >= 0.3 is 0 Å². The highest BCUT2D eigenvalue weighted by Gasteiger charge is 2.25. The number of carbonyl (C=O) groups excluding carboxylic acids is 1. The number of hydrogen-bond acceptors (Lipinski definition) is 5. The summed E-state index contributed by atoms with van der Waals surface area (Å²) >= 11 is 0. The summed E-state index contributed by atoms with van der Waals surface area (Å²) in [5.74, 6) is 0.423. The number of carbonyl (C=O) groups is 1. The van der Waals surface area contributed by atoms with Gasteiger partial charge in [0.25, 0.3) is 0 Å². The first-order chi connectivity index (χ1) is 14.1. The van der Waals surface area contributed by atoms with Crippen LogP contribution in [0.15, 0.2) is 36.4 Å². The quantitative estimate of drug-likeness (QED) is 0.654. The van der Waals surface area contributed by atoms with E-state index in [2.05, 4.69) is 5.32 Å². The maximum Gasteiger partial charge on any atom is 0.241 e. The molecule has 0 fully saturated rings. The maximum atomic E-state index is 12.8. The van der Waals surface area contributed by atoms with Crippen LogP contribution in [0.3, 0.4) is 0 Å². The molecule has 0 saturated carbocycles. The van der Waals surface area contributed by atoms with E-state index in [-0.39, 0.29) is 18.3 Å². The minimum absolute atomic E-state index is 0.212. The lowest BCUT2D eigenvalue weighted by molar-refractivity contribution is -0.120. The van der Waals surface area contributed by atoms with Crippen molar-refractivity contribution in [2.75, 3.05) is 31.3 Å². The lowest BCUT2D eigenvalue weighted by Gasteiger charge is -2.25. The Balaban J connectivity index is 2.28. The molecule has 0 aliphatic heterocycles. The first kappa shape index (κ1) is 23.5. The summed E-state index contributed by atoms with van der Waals surface area (Å²) in [6.07, 6.45) is 1.74. The molecule has 0 radical (unpaired) electrons. The lowest BCUT2D eigenvalue weighted by atomic mass is 9.99. The highest BCUT2D eigenvalue weighted by atomic mass is 32.2. The number of benzene rings is 2. The summed E-state index contributed by atoms with van der Waals surface area (Å²) in [5, 5.41) is 2.95. The minimum atomic E-state index is -3.73. The summed E-state index contributed by atoms with van der Waals surface area (Å²) in [7, 11) is -0.789. The predicted molar refractivity (Wildman–Crippen MR) is 119 cm³/mol. The zero-order valence-electron chi connectivity index (χ0n) is 18.4. The van der Waals surface area contributed by atoms with Crippen molar-refractivity contribution in [3.8, 4) is 11.5 Å². The first-order valence-electron chi connectivity index (χ1n) is 9.67. The zero-order valence-corrected chi connectivity index (χ0v) is 19.2. The number of nitrogens with one attached hydrogen (secondary N) is 1. The number of nitrogens with zero attached hydrogens (tertiary/aromatic N) is 1. The molecule has 30 heavy (non-hydrogen) atoms. The van der Waals surface area contributed by atoms with Crippen molar-refractivity contribution in [1.29, 1.82) is 0 Å². The molecule has 0 bridgehead atoms. The standard InChI is InChI=1S/C22H30N2O5S/c1-7-19(17-9-8-15(2)16(3)12-17)23-22(25)14-24(30(6,26)27)20-11-10-18(28-4)13-21(20)29-5/h8-13,19H,7,14H2,1-6H3,(H,23,25). The minimum Gasteiger partial charge on any atom is -0.497 e. The summed E-state index contributed by atoms with van der Waals surface area (Å²) in [4.78, 5) is 12.8. The second kappa shape index (κ2) is 9.84. The number of rotatable bonds is 9.